The summed E-state index contributed by atoms with van der Waals surface area (Å²) in [6.07, 6.45) is 0. The Bertz CT molecular complexity index is 632. The van der Waals surface area contributed by atoms with Crippen LogP contribution in [0, 0.1) is 0 Å². The predicted octanol–water partition coefficient (Wildman–Crippen LogP) is 6.22. The first-order valence-electron chi connectivity index (χ1n) is 5.61. The Morgan fingerprint density at radius 3 is 2.30 bits per heavy atom. The van der Waals surface area contributed by atoms with Gasteiger partial charge in [-0.15, -0.1) is 0 Å². The van der Waals surface area contributed by atoms with E-state index in [0.717, 1.165) is 30.5 Å². The van der Waals surface area contributed by atoms with Crippen LogP contribution < -0.4 is 9.47 Å². The van der Waals surface area contributed by atoms with Crippen LogP contribution in [-0.2, 0) is 6.61 Å². The highest BCUT2D eigenvalue weighted by Gasteiger charge is 2.09. The molecule has 0 saturated heterocycles. The van der Waals surface area contributed by atoms with E-state index in [2.05, 4.69) is 47.8 Å². The summed E-state index contributed by atoms with van der Waals surface area (Å²) in [5.41, 5.74) is 0.925. The van der Waals surface area contributed by atoms with Gasteiger partial charge in [0.25, 0.3) is 0 Å². The zero-order valence-corrected chi connectivity index (χ0v) is 15.9. The monoisotopic (exact) mass is 482 g/mol. The Morgan fingerprint density at radius 2 is 1.65 bits per heavy atom. The van der Waals surface area contributed by atoms with E-state index in [1.54, 1.807) is 7.11 Å². The number of methoxy groups -OCH3 is 1. The van der Waals surface area contributed by atoms with Crippen LogP contribution in [-0.4, -0.2) is 7.11 Å². The second-order valence-electron chi connectivity index (χ2n) is 3.94. The molecule has 0 aromatic heterocycles. The standard InChI is InChI=1S/C14H10Br3ClO2/c1-19-13-5-11(17)14(6-10(13)16)20-7-8-2-3-9(15)4-12(8)18/h2-6H,7H2,1H3. The Morgan fingerprint density at radius 1 is 1.00 bits per heavy atom. The van der Waals surface area contributed by atoms with Crippen molar-refractivity contribution in [3.63, 3.8) is 0 Å². The lowest BCUT2D eigenvalue weighted by molar-refractivity contribution is 0.303. The molecule has 2 aromatic rings. The third-order valence-electron chi connectivity index (χ3n) is 2.60. The normalized spacial score (nSPS) is 10.4. The quantitative estimate of drug-likeness (QED) is 0.513. The molecule has 0 heterocycles. The maximum Gasteiger partial charge on any atom is 0.135 e. The topological polar surface area (TPSA) is 18.5 Å². The molecule has 6 heteroatoms. The maximum atomic E-state index is 6.16. The summed E-state index contributed by atoms with van der Waals surface area (Å²) in [5, 5.41) is 0.670. The number of ether oxygens (including phenoxy) is 2. The molecule has 2 nitrogen and oxygen atoms in total. The predicted molar refractivity (Wildman–Crippen MR) is 91.9 cm³/mol. The van der Waals surface area contributed by atoms with Crippen molar-refractivity contribution >= 4 is 59.4 Å². The minimum Gasteiger partial charge on any atom is -0.496 e. The molecule has 0 aliphatic rings. The Hall–Kier alpha value is -0.230. The summed E-state index contributed by atoms with van der Waals surface area (Å²) >= 11 is 16.4. The van der Waals surface area contributed by atoms with Crippen molar-refractivity contribution in [2.24, 2.45) is 0 Å². The van der Waals surface area contributed by atoms with Crippen molar-refractivity contribution < 1.29 is 9.47 Å². The highest BCUT2D eigenvalue weighted by atomic mass is 79.9. The van der Waals surface area contributed by atoms with Gasteiger partial charge in [-0.3, -0.25) is 0 Å². The fraction of sp³-hybridized carbons (Fsp3) is 0.143. The second-order valence-corrected chi connectivity index (χ2v) is 6.97. The van der Waals surface area contributed by atoms with Crippen LogP contribution in [0.25, 0.3) is 0 Å². The first-order valence-corrected chi connectivity index (χ1v) is 8.36. The summed E-state index contributed by atoms with van der Waals surface area (Å²) in [4.78, 5) is 0. The van der Waals surface area contributed by atoms with E-state index in [9.17, 15) is 0 Å². The van der Waals surface area contributed by atoms with E-state index in [-0.39, 0.29) is 0 Å². The summed E-state index contributed by atoms with van der Waals surface area (Å²) in [5.74, 6) is 1.46. The van der Waals surface area contributed by atoms with Gasteiger partial charge in [0.05, 0.1) is 16.1 Å². The molecular formula is C14H10Br3ClO2. The van der Waals surface area contributed by atoms with Gasteiger partial charge in [-0.1, -0.05) is 33.6 Å². The van der Waals surface area contributed by atoms with E-state index in [1.165, 1.54) is 0 Å². The summed E-state index contributed by atoms with van der Waals surface area (Å²) in [7, 11) is 1.62. The molecule has 2 rings (SSSR count). The highest BCUT2D eigenvalue weighted by Crippen LogP contribution is 2.36. The molecule has 0 atom stereocenters. The molecular weight excluding hydrogens is 475 g/mol. The third kappa shape index (κ3) is 3.91. The summed E-state index contributed by atoms with van der Waals surface area (Å²) in [6.45, 7) is 0.392. The van der Waals surface area contributed by atoms with Gasteiger partial charge in [-0.25, -0.2) is 0 Å². The molecule has 0 aliphatic carbocycles. The number of hydrogen-bond acceptors (Lipinski definition) is 2. The van der Waals surface area contributed by atoms with Crippen LogP contribution in [0.5, 0.6) is 11.5 Å². The Kier molecular flexibility index (Phi) is 5.78. The van der Waals surface area contributed by atoms with E-state index < -0.39 is 0 Å². The van der Waals surface area contributed by atoms with Crippen molar-refractivity contribution in [1.29, 1.82) is 0 Å². The smallest absolute Gasteiger partial charge is 0.135 e. The largest absolute Gasteiger partial charge is 0.496 e. The van der Waals surface area contributed by atoms with Gasteiger partial charge in [0.2, 0.25) is 0 Å². The van der Waals surface area contributed by atoms with Crippen molar-refractivity contribution in [3.05, 3.63) is 54.3 Å². The van der Waals surface area contributed by atoms with E-state index in [4.69, 9.17) is 21.1 Å². The molecule has 0 radical (unpaired) electrons. The molecule has 0 spiro atoms. The van der Waals surface area contributed by atoms with Gasteiger partial charge in [0.15, 0.2) is 0 Å². The third-order valence-corrected chi connectivity index (χ3v) is 4.69. The van der Waals surface area contributed by atoms with Crippen LogP contribution in [0.4, 0.5) is 0 Å². The highest BCUT2D eigenvalue weighted by molar-refractivity contribution is 9.11. The average molecular weight is 485 g/mol. The van der Waals surface area contributed by atoms with E-state index >= 15 is 0 Å². The lowest BCUT2D eigenvalue weighted by Crippen LogP contribution is -1.97. The molecule has 0 unspecified atom stereocenters. The van der Waals surface area contributed by atoms with Crippen LogP contribution in [0.2, 0.25) is 5.02 Å². The Labute approximate surface area is 147 Å². The molecule has 0 N–H and O–H groups in total. The first-order chi connectivity index (χ1) is 9.51. The molecule has 20 heavy (non-hydrogen) atoms. The van der Waals surface area contributed by atoms with Gasteiger partial charge in [0, 0.05) is 15.1 Å². The van der Waals surface area contributed by atoms with Crippen molar-refractivity contribution in [3.8, 4) is 11.5 Å². The van der Waals surface area contributed by atoms with Crippen molar-refractivity contribution in [2.45, 2.75) is 6.61 Å². The molecule has 106 valence electrons. The number of benzene rings is 2. The number of rotatable bonds is 4. The minimum absolute atomic E-state index is 0.392. The molecule has 0 fully saturated rings. The molecule has 0 aliphatic heterocycles. The first kappa shape index (κ1) is 16.1. The van der Waals surface area contributed by atoms with Gasteiger partial charge >= 0.3 is 0 Å². The van der Waals surface area contributed by atoms with Gasteiger partial charge in [-0.05, 0) is 56.1 Å². The van der Waals surface area contributed by atoms with Crippen LogP contribution in [0.15, 0.2) is 43.7 Å². The fourth-order valence-corrected chi connectivity index (χ4v) is 3.22. The van der Waals surface area contributed by atoms with Crippen LogP contribution in [0.1, 0.15) is 5.56 Å². The number of halogens is 4. The molecule has 0 saturated carbocycles. The SMILES string of the molecule is COc1cc(Br)c(OCc2ccc(Br)cc2Cl)cc1Br. The van der Waals surface area contributed by atoms with E-state index in [1.807, 2.05) is 30.3 Å². The van der Waals surface area contributed by atoms with Gasteiger partial charge in [0.1, 0.15) is 18.1 Å². The minimum atomic E-state index is 0.392. The fourth-order valence-electron chi connectivity index (χ4n) is 1.57. The second kappa shape index (κ2) is 7.16. The maximum absolute atomic E-state index is 6.16. The zero-order valence-electron chi connectivity index (χ0n) is 10.4. The van der Waals surface area contributed by atoms with Crippen molar-refractivity contribution in [2.75, 3.05) is 7.11 Å². The van der Waals surface area contributed by atoms with E-state index in [0.29, 0.717) is 11.6 Å². The molecule has 0 amide bonds. The zero-order chi connectivity index (χ0) is 14.7. The average Bonchev–Trinajstić information content (AvgIpc) is 2.41. The number of hydrogen-bond donors (Lipinski definition) is 0. The molecule has 0 bridgehead atoms. The van der Waals surface area contributed by atoms with Gasteiger partial charge in [-0.2, -0.15) is 0 Å². The van der Waals surface area contributed by atoms with Crippen LogP contribution in [0.3, 0.4) is 0 Å². The Balaban J connectivity index is 2.16. The molecule has 2 aromatic carbocycles. The van der Waals surface area contributed by atoms with Crippen molar-refractivity contribution in [1.82, 2.24) is 0 Å². The lowest BCUT2D eigenvalue weighted by atomic mass is 10.2. The van der Waals surface area contributed by atoms with Crippen LogP contribution >= 0.6 is 59.4 Å². The van der Waals surface area contributed by atoms with Gasteiger partial charge < -0.3 is 9.47 Å². The summed E-state index contributed by atoms with van der Waals surface area (Å²) in [6, 6.07) is 9.42. The lowest BCUT2D eigenvalue weighted by Gasteiger charge is -2.12. The summed E-state index contributed by atoms with van der Waals surface area (Å²) < 4.78 is 13.6.